The molecule has 0 aliphatic heterocycles. The summed E-state index contributed by atoms with van der Waals surface area (Å²) in [5.41, 5.74) is 4.73. The van der Waals surface area contributed by atoms with Crippen molar-refractivity contribution in [1.82, 2.24) is 10.2 Å². The largest absolute Gasteiger partial charge is 0.480 e. The number of nitrogens with zero attached hydrogens (tertiary/aromatic N) is 1. The number of benzene rings is 2. The molecule has 2 saturated carbocycles. The number of aliphatic carboxylic acids is 1. The maximum absolute atomic E-state index is 12.7. The van der Waals surface area contributed by atoms with Gasteiger partial charge in [-0.05, 0) is 60.8 Å². The van der Waals surface area contributed by atoms with Crippen molar-refractivity contribution in [2.75, 3.05) is 6.61 Å². The SMILES string of the molecule is CC(C(=O)O)N(C(=O)CC1CC(NC(=O)OCC2c3ccccc3-c3ccccc32)C1)C1CC1. The van der Waals surface area contributed by atoms with Gasteiger partial charge in [-0.3, -0.25) is 4.79 Å². The van der Waals surface area contributed by atoms with E-state index in [9.17, 15) is 19.5 Å². The van der Waals surface area contributed by atoms with E-state index in [-0.39, 0.29) is 36.4 Å². The number of fused-ring (bicyclic) bond motifs is 3. The quantitative estimate of drug-likeness (QED) is 0.614. The molecule has 2 amide bonds. The Bertz CT molecular complexity index is 1060. The molecule has 0 aromatic heterocycles. The molecule has 2 aromatic rings. The van der Waals surface area contributed by atoms with E-state index >= 15 is 0 Å². The topological polar surface area (TPSA) is 95.9 Å². The Morgan fingerprint density at radius 1 is 1.03 bits per heavy atom. The minimum absolute atomic E-state index is 0.0141. The normalized spacial score (nSPS) is 21.6. The molecule has 0 radical (unpaired) electrons. The van der Waals surface area contributed by atoms with E-state index in [4.69, 9.17) is 4.74 Å². The smallest absolute Gasteiger partial charge is 0.407 e. The Hall–Kier alpha value is -3.35. The zero-order valence-electron chi connectivity index (χ0n) is 19.3. The summed E-state index contributed by atoms with van der Waals surface area (Å²) in [6.07, 6.45) is 3.05. The van der Waals surface area contributed by atoms with E-state index < -0.39 is 18.1 Å². The lowest BCUT2D eigenvalue weighted by Gasteiger charge is -2.37. The van der Waals surface area contributed by atoms with Gasteiger partial charge in [-0.15, -0.1) is 0 Å². The molecule has 0 heterocycles. The summed E-state index contributed by atoms with van der Waals surface area (Å²) in [7, 11) is 0. The van der Waals surface area contributed by atoms with Crippen LogP contribution in [0.1, 0.15) is 56.1 Å². The first-order chi connectivity index (χ1) is 16.4. The number of hydrogen-bond acceptors (Lipinski definition) is 4. The van der Waals surface area contributed by atoms with E-state index in [0.29, 0.717) is 19.3 Å². The van der Waals surface area contributed by atoms with Crippen LogP contribution in [0.3, 0.4) is 0 Å². The number of amides is 2. The van der Waals surface area contributed by atoms with Gasteiger partial charge >= 0.3 is 12.1 Å². The molecule has 3 aliphatic rings. The van der Waals surface area contributed by atoms with Gasteiger partial charge in [0.15, 0.2) is 0 Å². The van der Waals surface area contributed by atoms with Gasteiger partial charge in [-0.2, -0.15) is 0 Å². The predicted octanol–water partition coefficient (Wildman–Crippen LogP) is 4.16. The Morgan fingerprint density at radius 2 is 1.62 bits per heavy atom. The number of hydrogen-bond donors (Lipinski definition) is 2. The standard InChI is InChI=1S/C27H30N2O5/c1-16(26(31)32)29(19-10-11-19)25(30)14-17-12-18(13-17)28-27(33)34-15-24-22-8-4-2-6-20(22)21-7-3-5-9-23(21)24/h2-9,16-19,24H,10-15H2,1H3,(H,28,33)(H,31,32). The lowest BCUT2D eigenvalue weighted by molar-refractivity contribution is -0.150. The third-order valence-electron chi connectivity index (χ3n) is 7.37. The second-order valence-corrected chi connectivity index (χ2v) is 9.75. The van der Waals surface area contributed by atoms with Gasteiger partial charge in [-0.1, -0.05) is 48.5 Å². The molecule has 2 aromatic carbocycles. The van der Waals surface area contributed by atoms with Gasteiger partial charge in [0, 0.05) is 24.4 Å². The minimum atomic E-state index is -0.969. The number of carboxylic acids is 1. The van der Waals surface area contributed by atoms with Crippen molar-refractivity contribution in [1.29, 1.82) is 0 Å². The molecular weight excluding hydrogens is 432 g/mol. The molecule has 7 heteroatoms. The molecule has 0 bridgehead atoms. The third-order valence-corrected chi connectivity index (χ3v) is 7.37. The molecule has 7 nitrogen and oxygen atoms in total. The predicted molar refractivity (Wildman–Crippen MR) is 126 cm³/mol. The van der Waals surface area contributed by atoms with Crippen LogP contribution in [0.25, 0.3) is 11.1 Å². The summed E-state index contributed by atoms with van der Waals surface area (Å²) in [6.45, 7) is 1.85. The number of rotatable bonds is 8. The molecule has 1 unspecified atom stereocenters. The Labute approximate surface area is 199 Å². The number of carboxylic acid groups (broad SMARTS) is 1. The number of alkyl carbamates (subject to hydrolysis) is 1. The van der Waals surface area contributed by atoms with Gasteiger partial charge < -0.3 is 20.1 Å². The van der Waals surface area contributed by atoms with Gasteiger partial charge in [0.05, 0.1) is 0 Å². The molecular formula is C27H30N2O5. The Kier molecular flexibility index (Phi) is 6.02. The van der Waals surface area contributed by atoms with Crippen molar-refractivity contribution in [3.05, 3.63) is 59.7 Å². The van der Waals surface area contributed by atoms with Crippen LogP contribution in [0, 0.1) is 5.92 Å². The molecule has 0 spiro atoms. The first-order valence-electron chi connectivity index (χ1n) is 12.1. The lowest BCUT2D eigenvalue weighted by atomic mass is 9.78. The molecule has 3 aliphatic carbocycles. The monoisotopic (exact) mass is 462 g/mol. The molecule has 2 N–H and O–H groups in total. The number of ether oxygens (including phenoxy) is 1. The number of carbonyl (C=O) groups is 3. The van der Waals surface area contributed by atoms with Crippen LogP contribution in [0.5, 0.6) is 0 Å². The van der Waals surface area contributed by atoms with Gasteiger partial charge in [0.25, 0.3) is 0 Å². The lowest BCUT2D eigenvalue weighted by Crippen LogP contribution is -2.49. The highest BCUT2D eigenvalue weighted by Crippen LogP contribution is 2.44. The molecule has 0 saturated heterocycles. The van der Waals surface area contributed by atoms with E-state index in [1.54, 1.807) is 6.92 Å². The van der Waals surface area contributed by atoms with Crippen LogP contribution < -0.4 is 5.32 Å². The highest BCUT2D eigenvalue weighted by molar-refractivity contribution is 5.84. The van der Waals surface area contributed by atoms with E-state index in [1.165, 1.54) is 27.2 Å². The van der Waals surface area contributed by atoms with E-state index in [2.05, 4.69) is 29.6 Å². The zero-order valence-corrected chi connectivity index (χ0v) is 19.3. The second kappa shape index (κ2) is 9.12. The summed E-state index contributed by atoms with van der Waals surface area (Å²) in [6, 6.07) is 15.7. The maximum atomic E-state index is 12.7. The first-order valence-corrected chi connectivity index (χ1v) is 12.1. The van der Waals surface area contributed by atoms with Crippen LogP contribution >= 0.6 is 0 Å². The number of nitrogens with one attached hydrogen (secondary N) is 1. The second-order valence-electron chi connectivity index (χ2n) is 9.75. The molecule has 178 valence electrons. The van der Waals surface area contributed by atoms with Crippen molar-refractivity contribution in [3.63, 3.8) is 0 Å². The van der Waals surface area contributed by atoms with Gasteiger partial charge in [-0.25, -0.2) is 9.59 Å². The fraction of sp³-hybridized carbons (Fsp3) is 0.444. The average Bonchev–Trinajstić information content (AvgIpc) is 3.58. The molecule has 5 rings (SSSR count). The van der Waals surface area contributed by atoms with Crippen LogP contribution in [0.15, 0.2) is 48.5 Å². The summed E-state index contributed by atoms with van der Waals surface area (Å²) in [4.78, 5) is 38.1. The Balaban J connectivity index is 1.10. The van der Waals surface area contributed by atoms with Crippen LogP contribution in [0.4, 0.5) is 4.79 Å². The maximum Gasteiger partial charge on any atom is 0.407 e. The molecule has 1 atom stereocenters. The summed E-state index contributed by atoms with van der Waals surface area (Å²) in [5, 5.41) is 12.2. The van der Waals surface area contributed by atoms with Gasteiger partial charge in [0.1, 0.15) is 12.6 Å². The fourth-order valence-corrected chi connectivity index (χ4v) is 5.39. The third kappa shape index (κ3) is 4.39. The van der Waals surface area contributed by atoms with Crippen molar-refractivity contribution in [2.45, 2.75) is 63.1 Å². The summed E-state index contributed by atoms with van der Waals surface area (Å²) in [5.74, 6) is -0.881. The molecule has 2 fully saturated rings. The van der Waals surface area contributed by atoms with E-state index in [0.717, 1.165) is 12.8 Å². The number of carbonyl (C=O) groups excluding carboxylic acids is 2. The van der Waals surface area contributed by atoms with Crippen molar-refractivity contribution in [2.24, 2.45) is 5.92 Å². The van der Waals surface area contributed by atoms with Crippen molar-refractivity contribution < 1.29 is 24.2 Å². The van der Waals surface area contributed by atoms with Crippen molar-refractivity contribution in [3.8, 4) is 11.1 Å². The Morgan fingerprint density at radius 3 is 2.18 bits per heavy atom. The highest BCUT2D eigenvalue weighted by atomic mass is 16.5. The van der Waals surface area contributed by atoms with E-state index in [1.807, 2.05) is 24.3 Å². The average molecular weight is 463 g/mol. The zero-order chi connectivity index (χ0) is 23.8. The summed E-state index contributed by atoms with van der Waals surface area (Å²) >= 11 is 0. The van der Waals surface area contributed by atoms with Crippen LogP contribution in [0.2, 0.25) is 0 Å². The van der Waals surface area contributed by atoms with Crippen molar-refractivity contribution >= 4 is 18.0 Å². The minimum Gasteiger partial charge on any atom is -0.480 e. The van der Waals surface area contributed by atoms with Crippen LogP contribution in [-0.2, 0) is 14.3 Å². The van der Waals surface area contributed by atoms with Gasteiger partial charge in [0.2, 0.25) is 5.91 Å². The first kappa shape index (κ1) is 22.4. The van der Waals surface area contributed by atoms with Crippen LogP contribution in [-0.4, -0.2) is 52.7 Å². The fourth-order valence-electron chi connectivity index (χ4n) is 5.39. The molecule has 34 heavy (non-hydrogen) atoms. The highest BCUT2D eigenvalue weighted by Gasteiger charge is 2.41. The summed E-state index contributed by atoms with van der Waals surface area (Å²) < 4.78 is 5.61.